The molecule has 0 aromatic rings. The zero-order chi connectivity index (χ0) is 6.24. The summed E-state index contributed by atoms with van der Waals surface area (Å²) in [5.74, 6) is 0. The molecule has 0 aliphatic carbocycles. The molecule has 0 saturated carbocycles. The van der Waals surface area contributed by atoms with Gasteiger partial charge in [-0.15, -0.1) is 0 Å². The van der Waals surface area contributed by atoms with Crippen molar-refractivity contribution in [2.45, 2.75) is 26.2 Å². The van der Waals surface area contributed by atoms with E-state index in [1.54, 1.807) is 0 Å². The van der Waals surface area contributed by atoms with Gasteiger partial charge in [-0.2, -0.15) is 0 Å². The van der Waals surface area contributed by atoms with Crippen molar-refractivity contribution in [3.63, 3.8) is 0 Å². The number of hydrogen-bond acceptors (Lipinski definition) is 2. The Morgan fingerprint density at radius 3 is 2.88 bits per heavy atom. The van der Waals surface area contributed by atoms with Gasteiger partial charge in [0.2, 0.25) is 7.11 Å². The summed E-state index contributed by atoms with van der Waals surface area (Å²) in [5, 5.41) is 0. The highest BCUT2D eigenvalue weighted by molar-refractivity contribution is 4.45. The van der Waals surface area contributed by atoms with Crippen molar-refractivity contribution in [3.8, 4) is 0 Å². The summed E-state index contributed by atoms with van der Waals surface area (Å²) in [7, 11) is 6.05. The summed E-state index contributed by atoms with van der Waals surface area (Å²) < 4.78 is 0. The largest absolute Gasteiger partial charge is 0.222 e. The summed E-state index contributed by atoms with van der Waals surface area (Å²) in [6.07, 6.45) is 2.87. The Kier molecular flexibility index (Phi) is 6.85. The van der Waals surface area contributed by atoms with Gasteiger partial charge in [-0.25, -0.2) is 9.78 Å². The minimum absolute atomic E-state index is 0.732. The van der Waals surface area contributed by atoms with E-state index >= 15 is 0 Å². The summed E-state index contributed by atoms with van der Waals surface area (Å²) in [5.41, 5.74) is 0. The lowest BCUT2D eigenvalue weighted by atomic mass is 10.3. The molecule has 2 heteroatoms. The van der Waals surface area contributed by atoms with Gasteiger partial charge in [0, 0.05) is 0 Å². The molecular formula is C6H9O2. The van der Waals surface area contributed by atoms with Crippen molar-refractivity contribution in [1.82, 2.24) is 0 Å². The van der Waals surface area contributed by atoms with Gasteiger partial charge in [0.1, 0.15) is 0 Å². The molecular weight excluding hydrogens is 104 g/mol. The fourth-order valence-corrected chi connectivity index (χ4v) is 0.320. The molecule has 0 aliphatic rings. The predicted molar refractivity (Wildman–Crippen MR) is 28.2 cm³/mol. The number of unbranched alkanes of at least 4 members (excludes halogenated alkanes) is 2. The normalized spacial score (nSPS) is 9.75. The van der Waals surface area contributed by atoms with E-state index in [0.29, 0.717) is 0 Å². The van der Waals surface area contributed by atoms with Crippen LogP contribution in [0, 0.1) is 13.7 Å². The van der Waals surface area contributed by atoms with E-state index in [4.69, 9.17) is 7.11 Å². The third-order valence-corrected chi connectivity index (χ3v) is 0.733. The topological polar surface area (TPSA) is 18.5 Å². The highest BCUT2D eigenvalue weighted by Crippen LogP contribution is 1.97. The van der Waals surface area contributed by atoms with Crippen LogP contribution in [0.25, 0.3) is 0 Å². The Balaban J connectivity index is 2.53. The SMILES string of the molecule is [C]OO[C]CCCC. The van der Waals surface area contributed by atoms with Gasteiger partial charge in [0.05, 0.1) is 0 Å². The van der Waals surface area contributed by atoms with Crippen LogP contribution >= 0.6 is 0 Å². The third kappa shape index (κ3) is 5.92. The molecule has 45 valence electrons. The van der Waals surface area contributed by atoms with E-state index in [1.165, 1.54) is 0 Å². The Hall–Kier alpha value is -0.0800. The van der Waals surface area contributed by atoms with Gasteiger partial charge >= 0.3 is 0 Å². The molecule has 0 heterocycles. The maximum Gasteiger partial charge on any atom is 0.219 e. The first-order valence-electron chi connectivity index (χ1n) is 2.64. The third-order valence-electron chi connectivity index (χ3n) is 0.733. The van der Waals surface area contributed by atoms with Gasteiger partial charge in [-0.1, -0.05) is 19.8 Å². The molecule has 0 aliphatic heterocycles. The van der Waals surface area contributed by atoms with Crippen LogP contribution in [0.1, 0.15) is 26.2 Å². The van der Waals surface area contributed by atoms with E-state index in [0.717, 1.165) is 19.3 Å². The van der Waals surface area contributed by atoms with Gasteiger partial charge in [0.15, 0.2) is 6.61 Å². The van der Waals surface area contributed by atoms with Crippen LogP contribution in [0.15, 0.2) is 0 Å². The fraction of sp³-hybridized carbons (Fsp3) is 0.667. The molecule has 0 amide bonds. The molecule has 0 atom stereocenters. The zero-order valence-corrected chi connectivity index (χ0v) is 4.94. The molecule has 0 fully saturated rings. The first-order valence-corrected chi connectivity index (χ1v) is 2.64. The molecule has 0 N–H and O–H groups in total. The summed E-state index contributed by atoms with van der Waals surface area (Å²) >= 11 is 0. The average molecular weight is 113 g/mol. The molecule has 0 rings (SSSR count). The highest BCUT2D eigenvalue weighted by atomic mass is 17.2. The van der Waals surface area contributed by atoms with Crippen molar-refractivity contribution >= 4 is 0 Å². The van der Waals surface area contributed by atoms with E-state index in [-0.39, 0.29) is 0 Å². The van der Waals surface area contributed by atoms with Gasteiger partial charge < -0.3 is 0 Å². The standard InChI is InChI=1S/C6H9O2/c1-3-4-5-6-8-7-2/h3-5H2,1H3. The minimum atomic E-state index is 0.732. The fourth-order valence-electron chi connectivity index (χ4n) is 0.320. The van der Waals surface area contributed by atoms with Gasteiger partial charge in [-0.3, -0.25) is 0 Å². The van der Waals surface area contributed by atoms with Crippen molar-refractivity contribution < 1.29 is 9.78 Å². The van der Waals surface area contributed by atoms with E-state index in [2.05, 4.69) is 23.3 Å². The van der Waals surface area contributed by atoms with Crippen molar-refractivity contribution in [1.29, 1.82) is 0 Å². The summed E-state index contributed by atoms with van der Waals surface area (Å²) in [6, 6.07) is 0. The lowest BCUT2D eigenvalue weighted by Gasteiger charge is -1.92. The maximum absolute atomic E-state index is 6.05. The minimum Gasteiger partial charge on any atom is -0.222 e. The second-order valence-electron chi connectivity index (χ2n) is 1.41. The predicted octanol–water partition coefficient (Wildman–Crippen LogP) is 1.71. The van der Waals surface area contributed by atoms with Crippen molar-refractivity contribution in [2.75, 3.05) is 0 Å². The first-order chi connectivity index (χ1) is 3.91. The van der Waals surface area contributed by atoms with Crippen LogP contribution in [0.4, 0.5) is 0 Å². The molecule has 0 saturated heterocycles. The molecule has 2 nitrogen and oxygen atoms in total. The average Bonchev–Trinajstić information content (AvgIpc) is 1.81. The lowest BCUT2D eigenvalue weighted by Crippen LogP contribution is -1.82. The van der Waals surface area contributed by atoms with E-state index in [9.17, 15) is 0 Å². The lowest BCUT2D eigenvalue weighted by molar-refractivity contribution is -0.224. The Labute approximate surface area is 50.7 Å². The maximum atomic E-state index is 6.05. The molecule has 0 unspecified atom stereocenters. The van der Waals surface area contributed by atoms with Crippen LogP contribution < -0.4 is 0 Å². The van der Waals surface area contributed by atoms with Crippen LogP contribution in [0.5, 0.6) is 0 Å². The molecule has 0 aromatic carbocycles. The molecule has 0 aromatic heterocycles. The summed E-state index contributed by atoms with van der Waals surface area (Å²) in [4.78, 5) is 7.58. The monoisotopic (exact) mass is 113 g/mol. The first kappa shape index (κ1) is 7.92. The Bertz CT molecular complexity index is 31.5. The quantitative estimate of drug-likeness (QED) is 0.307. The van der Waals surface area contributed by atoms with Crippen LogP contribution in [-0.2, 0) is 9.78 Å². The smallest absolute Gasteiger partial charge is 0.219 e. The molecule has 5 radical (unpaired) electrons. The molecule has 8 heavy (non-hydrogen) atoms. The van der Waals surface area contributed by atoms with E-state index in [1.807, 2.05) is 0 Å². The highest BCUT2D eigenvalue weighted by Gasteiger charge is 1.86. The van der Waals surface area contributed by atoms with Gasteiger partial charge in [0.25, 0.3) is 0 Å². The second-order valence-corrected chi connectivity index (χ2v) is 1.41. The number of hydrogen-bond donors (Lipinski definition) is 0. The Morgan fingerprint density at radius 1 is 1.62 bits per heavy atom. The second kappa shape index (κ2) is 6.92. The zero-order valence-electron chi connectivity index (χ0n) is 4.94. The Morgan fingerprint density at radius 2 is 2.38 bits per heavy atom. The molecule has 0 spiro atoms. The molecule has 0 bridgehead atoms. The van der Waals surface area contributed by atoms with Gasteiger partial charge in [-0.05, 0) is 6.42 Å². The summed E-state index contributed by atoms with van der Waals surface area (Å²) in [6.45, 7) is 4.50. The van der Waals surface area contributed by atoms with Crippen LogP contribution in [0.2, 0.25) is 0 Å². The van der Waals surface area contributed by atoms with Crippen molar-refractivity contribution in [2.24, 2.45) is 0 Å². The van der Waals surface area contributed by atoms with Crippen LogP contribution in [0.3, 0.4) is 0 Å². The number of rotatable bonds is 5. The van der Waals surface area contributed by atoms with Crippen molar-refractivity contribution in [3.05, 3.63) is 13.7 Å². The van der Waals surface area contributed by atoms with E-state index < -0.39 is 0 Å². The van der Waals surface area contributed by atoms with Crippen LogP contribution in [-0.4, -0.2) is 0 Å².